The van der Waals surface area contributed by atoms with Crippen LogP contribution >= 0.6 is 0 Å². The summed E-state index contributed by atoms with van der Waals surface area (Å²) in [7, 11) is 0. The first kappa shape index (κ1) is 20.6. The molecule has 1 fully saturated rings. The van der Waals surface area contributed by atoms with Gasteiger partial charge in [0.05, 0.1) is 6.54 Å². The fourth-order valence-electron chi connectivity index (χ4n) is 2.96. The lowest BCUT2D eigenvalue weighted by atomic mass is 10.0. The van der Waals surface area contributed by atoms with Crippen LogP contribution in [0.25, 0.3) is 0 Å². The molecular weight excluding hydrogens is 346 g/mol. The number of hydrogen-bond acceptors (Lipinski definition) is 4. The number of carbonyl (C=O) groups is 4. The Morgan fingerprint density at radius 2 is 1.59 bits per heavy atom. The quantitative estimate of drug-likeness (QED) is 0.532. The van der Waals surface area contributed by atoms with Crippen molar-refractivity contribution in [3.8, 4) is 0 Å². The van der Waals surface area contributed by atoms with Gasteiger partial charge < -0.3 is 5.32 Å². The molecule has 1 heterocycles. The molecule has 1 N–H and O–H groups in total. The molecule has 1 aromatic rings. The zero-order valence-electron chi connectivity index (χ0n) is 16.1. The van der Waals surface area contributed by atoms with E-state index in [9.17, 15) is 19.2 Å². The van der Waals surface area contributed by atoms with Crippen LogP contribution in [0.5, 0.6) is 0 Å². The molecule has 2 rings (SSSR count). The first-order chi connectivity index (χ1) is 12.8. The summed E-state index contributed by atoms with van der Waals surface area (Å²) in [6.45, 7) is 5.74. The van der Waals surface area contributed by atoms with Crippen LogP contribution < -0.4 is 5.32 Å². The second kappa shape index (κ2) is 9.30. The molecule has 1 atom stereocenters. The van der Waals surface area contributed by atoms with Crippen LogP contribution in [0.4, 0.5) is 4.79 Å². The first-order valence-electron chi connectivity index (χ1n) is 9.30. The molecule has 1 aliphatic rings. The van der Waals surface area contributed by atoms with E-state index in [2.05, 4.69) is 19.2 Å². The van der Waals surface area contributed by atoms with Crippen LogP contribution in [0, 0.1) is 5.92 Å². The maximum absolute atomic E-state index is 12.4. The molecule has 7 heteroatoms. The van der Waals surface area contributed by atoms with E-state index >= 15 is 0 Å². The standard InChI is InChI=1S/C20H27N3O4/c1-14(2)8-7-9-15(3)21-17(24)13-23-19(26)18(25)22(20(23)27)12-16-10-5-4-6-11-16/h4-6,10-11,14-15H,7-9,12-13H2,1-3H3,(H,21,24)/t15-/m0/s1. The van der Waals surface area contributed by atoms with Crippen LogP contribution in [0.1, 0.15) is 45.6 Å². The topological polar surface area (TPSA) is 86.8 Å². The van der Waals surface area contributed by atoms with Crippen molar-refractivity contribution >= 4 is 23.8 Å². The van der Waals surface area contributed by atoms with Gasteiger partial charge in [-0.05, 0) is 24.8 Å². The van der Waals surface area contributed by atoms with E-state index in [1.165, 1.54) is 0 Å². The number of nitrogens with zero attached hydrogens (tertiary/aromatic N) is 2. The molecular formula is C20H27N3O4. The lowest BCUT2D eigenvalue weighted by Crippen LogP contribution is -2.44. The smallest absolute Gasteiger partial charge is 0.335 e. The number of hydrogen-bond donors (Lipinski definition) is 1. The average Bonchev–Trinajstić information content (AvgIpc) is 2.80. The van der Waals surface area contributed by atoms with Gasteiger partial charge in [0.1, 0.15) is 6.54 Å². The van der Waals surface area contributed by atoms with Gasteiger partial charge in [-0.15, -0.1) is 0 Å². The van der Waals surface area contributed by atoms with Crippen LogP contribution in [0.15, 0.2) is 30.3 Å². The van der Waals surface area contributed by atoms with Crippen molar-refractivity contribution in [1.29, 1.82) is 0 Å². The van der Waals surface area contributed by atoms with Crippen LogP contribution in [-0.2, 0) is 20.9 Å². The Morgan fingerprint density at radius 1 is 0.963 bits per heavy atom. The van der Waals surface area contributed by atoms with E-state index in [1.807, 2.05) is 13.0 Å². The van der Waals surface area contributed by atoms with E-state index in [4.69, 9.17) is 0 Å². The molecule has 1 aromatic carbocycles. The Hall–Kier alpha value is -2.70. The zero-order valence-corrected chi connectivity index (χ0v) is 16.1. The van der Waals surface area contributed by atoms with Crippen molar-refractivity contribution in [3.05, 3.63) is 35.9 Å². The molecule has 7 nitrogen and oxygen atoms in total. The van der Waals surface area contributed by atoms with E-state index < -0.39 is 30.3 Å². The molecule has 0 radical (unpaired) electrons. The molecule has 1 saturated heterocycles. The summed E-state index contributed by atoms with van der Waals surface area (Å²) in [4.78, 5) is 50.4. The van der Waals surface area contributed by atoms with Crippen molar-refractivity contribution in [2.24, 2.45) is 5.92 Å². The first-order valence-corrected chi connectivity index (χ1v) is 9.30. The van der Waals surface area contributed by atoms with Gasteiger partial charge in [-0.25, -0.2) is 9.69 Å². The van der Waals surface area contributed by atoms with Crippen LogP contribution in [0.2, 0.25) is 0 Å². The molecule has 0 spiro atoms. The zero-order chi connectivity index (χ0) is 20.0. The van der Waals surface area contributed by atoms with E-state index in [0.29, 0.717) is 10.8 Å². The molecule has 0 unspecified atom stereocenters. The molecule has 0 bridgehead atoms. The minimum atomic E-state index is -0.960. The van der Waals surface area contributed by atoms with Crippen LogP contribution in [0.3, 0.4) is 0 Å². The SMILES string of the molecule is CC(C)CCC[C@H](C)NC(=O)CN1C(=O)C(=O)N(Cc2ccccc2)C1=O. The van der Waals surface area contributed by atoms with Gasteiger partial charge in [-0.3, -0.25) is 19.3 Å². The molecule has 27 heavy (non-hydrogen) atoms. The third kappa shape index (κ3) is 5.64. The molecule has 5 amide bonds. The van der Waals surface area contributed by atoms with Gasteiger partial charge >= 0.3 is 17.8 Å². The lowest BCUT2D eigenvalue weighted by Gasteiger charge is -2.18. The molecule has 146 valence electrons. The van der Waals surface area contributed by atoms with Gasteiger partial charge in [-0.1, -0.05) is 57.0 Å². The van der Waals surface area contributed by atoms with E-state index in [0.717, 1.165) is 29.7 Å². The number of nitrogens with one attached hydrogen (secondary N) is 1. The molecule has 0 saturated carbocycles. The average molecular weight is 373 g/mol. The Morgan fingerprint density at radius 3 is 2.22 bits per heavy atom. The van der Waals surface area contributed by atoms with E-state index in [-0.39, 0.29) is 12.6 Å². The van der Waals surface area contributed by atoms with Crippen molar-refractivity contribution in [3.63, 3.8) is 0 Å². The second-order valence-electron chi connectivity index (χ2n) is 7.34. The molecule has 0 aromatic heterocycles. The van der Waals surface area contributed by atoms with Crippen LogP contribution in [-0.4, -0.2) is 46.1 Å². The summed E-state index contributed by atoms with van der Waals surface area (Å²) in [5.41, 5.74) is 0.733. The summed E-state index contributed by atoms with van der Waals surface area (Å²) in [6, 6.07) is 8.11. The maximum Gasteiger partial charge on any atom is 0.335 e. The van der Waals surface area contributed by atoms with Crippen molar-refractivity contribution in [1.82, 2.24) is 15.1 Å². The second-order valence-corrected chi connectivity index (χ2v) is 7.34. The fraction of sp³-hybridized carbons (Fsp3) is 0.500. The highest BCUT2D eigenvalue weighted by Gasteiger charge is 2.45. The highest BCUT2D eigenvalue weighted by molar-refractivity contribution is 6.44. The monoisotopic (exact) mass is 373 g/mol. The Balaban J connectivity index is 1.90. The summed E-state index contributed by atoms with van der Waals surface area (Å²) in [5.74, 6) is -1.70. The summed E-state index contributed by atoms with van der Waals surface area (Å²) >= 11 is 0. The summed E-state index contributed by atoms with van der Waals surface area (Å²) < 4.78 is 0. The molecule has 1 aliphatic heterocycles. The number of benzene rings is 1. The summed E-state index contributed by atoms with van der Waals surface area (Å²) in [5, 5.41) is 2.79. The maximum atomic E-state index is 12.4. The minimum Gasteiger partial charge on any atom is -0.352 e. The summed E-state index contributed by atoms with van der Waals surface area (Å²) in [6.07, 6.45) is 2.89. The van der Waals surface area contributed by atoms with Gasteiger partial charge in [0.2, 0.25) is 5.91 Å². The van der Waals surface area contributed by atoms with Crippen molar-refractivity contribution in [2.75, 3.05) is 6.54 Å². The third-order valence-electron chi connectivity index (χ3n) is 4.45. The third-order valence-corrected chi connectivity index (χ3v) is 4.45. The normalized spacial score (nSPS) is 15.6. The lowest BCUT2D eigenvalue weighted by molar-refractivity contribution is -0.144. The van der Waals surface area contributed by atoms with E-state index in [1.54, 1.807) is 24.3 Å². The number of imide groups is 2. The number of amides is 5. The number of urea groups is 1. The predicted molar refractivity (Wildman–Crippen MR) is 100 cm³/mol. The Labute approximate surface area is 159 Å². The largest absolute Gasteiger partial charge is 0.352 e. The number of carbonyl (C=O) groups excluding carboxylic acids is 4. The van der Waals surface area contributed by atoms with Crippen molar-refractivity contribution < 1.29 is 19.2 Å². The van der Waals surface area contributed by atoms with Gasteiger partial charge in [-0.2, -0.15) is 0 Å². The minimum absolute atomic E-state index is 0.00791. The van der Waals surface area contributed by atoms with Gasteiger partial charge in [0, 0.05) is 6.04 Å². The highest BCUT2D eigenvalue weighted by atomic mass is 16.2. The fourth-order valence-corrected chi connectivity index (χ4v) is 2.96. The predicted octanol–water partition coefficient (Wildman–Crippen LogP) is 2.31. The Kier molecular flexibility index (Phi) is 7.10. The molecule has 0 aliphatic carbocycles. The van der Waals surface area contributed by atoms with Gasteiger partial charge in [0.25, 0.3) is 0 Å². The van der Waals surface area contributed by atoms with Crippen molar-refractivity contribution in [2.45, 2.75) is 52.6 Å². The number of rotatable bonds is 9. The highest BCUT2D eigenvalue weighted by Crippen LogP contribution is 2.16. The van der Waals surface area contributed by atoms with Gasteiger partial charge in [0.15, 0.2) is 0 Å². The Bertz CT molecular complexity index is 702.